The number of rotatable bonds is 5. The van der Waals surface area contributed by atoms with Crippen molar-refractivity contribution in [1.29, 1.82) is 0 Å². The van der Waals surface area contributed by atoms with Crippen LogP contribution in [0.5, 0.6) is 11.5 Å². The van der Waals surface area contributed by atoms with Crippen LogP contribution in [0.3, 0.4) is 0 Å². The Hall–Kier alpha value is -2.74. The quantitative estimate of drug-likeness (QED) is 0.574. The lowest BCUT2D eigenvalue weighted by Gasteiger charge is -2.23. The van der Waals surface area contributed by atoms with Crippen LogP contribution in [0.15, 0.2) is 66.7 Å². The molecule has 0 N–H and O–H groups in total. The number of ether oxygens (including phenoxy) is 2. The molecule has 0 aliphatic rings. The third-order valence-electron chi connectivity index (χ3n) is 4.73. The molecule has 128 valence electrons. The van der Waals surface area contributed by atoms with E-state index in [1.807, 2.05) is 24.3 Å². The predicted molar refractivity (Wildman–Crippen MR) is 103 cm³/mol. The smallest absolute Gasteiger partial charge is 0.118 e. The van der Waals surface area contributed by atoms with Crippen molar-refractivity contribution >= 4 is 0 Å². The first-order valence-electron chi connectivity index (χ1n) is 8.48. The SMILES string of the molecule is COc1ccc(C(c2ccc(OC)cc2)c2c(C)cccc2C)cc1. The standard InChI is InChI=1S/C23H24O2/c1-16-6-5-7-17(2)22(16)23(18-8-12-20(24-3)13-9-18)19-10-14-21(25-4)15-11-19/h5-15,23H,1-4H3. The Labute approximate surface area is 150 Å². The molecular weight excluding hydrogens is 308 g/mol. The average Bonchev–Trinajstić information content (AvgIpc) is 2.65. The van der Waals surface area contributed by atoms with Gasteiger partial charge in [0.15, 0.2) is 0 Å². The van der Waals surface area contributed by atoms with Gasteiger partial charge in [-0.2, -0.15) is 0 Å². The van der Waals surface area contributed by atoms with Gasteiger partial charge in [0.1, 0.15) is 11.5 Å². The average molecular weight is 332 g/mol. The minimum atomic E-state index is 0.179. The number of hydrogen-bond acceptors (Lipinski definition) is 2. The molecule has 0 unspecified atom stereocenters. The highest BCUT2D eigenvalue weighted by atomic mass is 16.5. The summed E-state index contributed by atoms with van der Waals surface area (Å²) in [4.78, 5) is 0. The molecule has 0 saturated heterocycles. The fraction of sp³-hybridized carbons (Fsp3) is 0.217. The van der Waals surface area contributed by atoms with Gasteiger partial charge in [0, 0.05) is 5.92 Å². The second kappa shape index (κ2) is 7.43. The maximum Gasteiger partial charge on any atom is 0.118 e. The van der Waals surface area contributed by atoms with E-state index in [-0.39, 0.29) is 5.92 Å². The fourth-order valence-corrected chi connectivity index (χ4v) is 3.40. The molecule has 0 amide bonds. The minimum absolute atomic E-state index is 0.179. The van der Waals surface area contributed by atoms with Crippen molar-refractivity contribution in [2.75, 3.05) is 14.2 Å². The lowest BCUT2D eigenvalue weighted by Crippen LogP contribution is -2.07. The molecule has 0 fully saturated rings. The van der Waals surface area contributed by atoms with E-state index in [1.165, 1.54) is 27.8 Å². The van der Waals surface area contributed by atoms with Crippen LogP contribution >= 0.6 is 0 Å². The van der Waals surface area contributed by atoms with E-state index in [9.17, 15) is 0 Å². The normalized spacial score (nSPS) is 10.8. The van der Waals surface area contributed by atoms with E-state index in [0.29, 0.717) is 0 Å². The van der Waals surface area contributed by atoms with Gasteiger partial charge in [-0.05, 0) is 65.9 Å². The molecule has 0 aliphatic carbocycles. The molecule has 0 spiro atoms. The summed E-state index contributed by atoms with van der Waals surface area (Å²) >= 11 is 0. The van der Waals surface area contributed by atoms with Crippen LogP contribution < -0.4 is 9.47 Å². The fourth-order valence-electron chi connectivity index (χ4n) is 3.40. The van der Waals surface area contributed by atoms with Gasteiger partial charge in [-0.15, -0.1) is 0 Å². The van der Waals surface area contributed by atoms with E-state index >= 15 is 0 Å². The summed E-state index contributed by atoms with van der Waals surface area (Å²) in [5, 5.41) is 0. The summed E-state index contributed by atoms with van der Waals surface area (Å²) in [5.41, 5.74) is 6.47. The maximum absolute atomic E-state index is 5.32. The van der Waals surface area contributed by atoms with E-state index < -0.39 is 0 Å². The molecule has 0 heterocycles. The predicted octanol–water partition coefficient (Wildman–Crippen LogP) is 5.50. The molecule has 0 aliphatic heterocycles. The molecule has 3 aromatic carbocycles. The molecule has 2 nitrogen and oxygen atoms in total. The third-order valence-corrected chi connectivity index (χ3v) is 4.73. The summed E-state index contributed by atoms with van der Waals surface area (Å²) in [6.45, 7) is 4.37. The first-order chi connectivity index (χ1) is 12.1. The second-order valence-electron chi connectivity index (χ2n) is 6.28. The Balaban J connectivity index is 2.16. The van der Waals surface area contributed by atoms with Crippen molar-refractivity contribution in [1.82, 2.24) is 0 Å². The molecular formula is C23H24O2. The van der Waals surface area contributed by atoms with Gasteiger partial charge in [-0.1, -0.05) is 42.5 Å². The Bertz CT molecular complexity index is 765. The highest BCUT2D eigenvalue weighted by molar-refractivity contribution is 5.50. The van der Waals surface area contributed by atoms with Gasteiger partial charge in [-0.25, -0.2) is 0 Å². The van der Waals surface area contributed by atoms with Crippen LogP contribution in [0.1, 0.15) is 33.7 Å². The van der Waals surface area contributed by atoms with Crippen LogP contribution in [0, 0.1) is 13.8 Å². The van der Waals surface area contributed by atoms with Crippen LogP contribution in [0.25, 0.3) is 0 Å². The lowest BCUT2D eigenvalue weighted by molar-refractivity contribution is 0.414. The van der Waals surface area contributed by atoms with Crippen LogP contribution in [-0.2, 0) is 0 Å². The summed E-state index contributed by atoms with van der Waals surface area (Å²) in [6, 6.07) is 23.2. The number of aryl methyl sites for hydroxylation is 2. The van der Waals surface area contributed by atoms with Gasteiger partial charge in [0.05, 0.1) is 14.2 Å². The van der Waals surface area contributed by atoms with E-state index in [4.69, 9.17) is 9.47 Å². The first-order valence-corrected chi connectivity index (χ1v) is 8.48. The first kappa shape index (κ1) is 17.1. The number of benzene rings is 3. The van der Waals surface area contributed by atoms with Crippen molar-refractivity contribution in [3.8, 4) is 11.5 Å². The van der Waals surface area contributed by atoms with Crippen LogP contribution in [0.4, 0.5) is 0 Å². The number of methoxy groups -OCH3 is 2. The van der Waals surface area contributed by atoms with Gasteiger partial charge < -0.3 is 9.47 Å². The molecule has 0 saturated carbocycles. The Morgan fingerprint density at radius 3 is 1.36 bits per heavy atom. The molecule has 0 atom stereocenters. The Morgan fingerprint density at radius 1 is 0.600 bits per heavy atom. The van der Waals surface area contributed by atoms with Crippen LogP contribution in [0.2, 0.25) is 0 Å². The van der Waals surface area contributed by atoms with Crippen molar-refractivity contribution in [2.24, 2.45) is 0 Å². The number of hydrogen-bond donors (Lipinski definition) is 0. The molecule has 0 aromatic heterocycles. The molecule has 2 heteroatoms. The third kappa shape index (κ3) is 3.53. The maximum atomic E-state index is 5.32. The molecule has 0 radical (unpaired) electrons. The highest BCUT2D eigenvalue weighted by Crippen LogP contribution is 2.37. The van der Waals surface area contributed by atoms with Crippen molar-refractivity contribution < 1.29 is 9.47 Å². The Morgan fingerprint density at radius 2 is 1.00 bits per heavy atom. The van der Waals surface area contributed by atoms with Crippen molar-refractivity contribution in [3.63, 3.8) is 0 Å². The van der Waals surface area contributed by atoms with Gasteiger partial charge in [0.25, 0.3) is 0 Å². The summed E-state index contributed by atoms with van der Waals surface area (Å²) in [7, 11) is 3.39. The second-order valence-corrected chi connectivity index (χ2v) is 6.28. The largest absolute Gasteiger partial charge is 0.497 e. The van der Waals surface area contributed by atoms with Gasteiger partial charge in [0.2, 0.25) is 0 Å². The van der Waals surface area contributed by atoms with E-state index in [0.717, 1.165) is 11.5 Å². The molecule has 3 aromatic rings. The molecule has 25 heavy (non-hydrogen) atoms. The topological polar surface area (TPSA) is 18.5 Å². The zero-order valence-electron chi connectivity index (χ0n) is 15.2. The monoisotopic (exact) mass is 332 g/mol. The Kier molecular flexibility index (Phi) is 5.08. The molecule has 3 rings (SSSR count). The van der Waals surface area contributed by atoms with E-state index in [1.54, 1.807) is 14.2 Å². The highest BCUT2D eigenvalue weighted by Gasteiger charge is 2.20. The zero-order valence-corrected chi connectivity index (χ0v) is 15.2. The lowest BCUT2D eigenvalue weighted by atomic mass is 9.81. The zero-order chi connectivity index (χ0) is 17.8. The molecule has 0 bridgehead atoms. The summed E-state index contributed by atoms with van der Waals surface area (Å²) < 4.78 is 10.6. The van der Waals surface area contributed by atoms with Crippen molar-refractivity contribution in [3.05, 3.63) is 94.5 Å². The van der Waals surface area contributed by atoms with E-state index in [2.05, 4.69) is 56.3 Å². The van der Waals surface area contributed by atoms with Gasteiger partial charge >= 0.3 is 0 Å². The van der Waals surface area contributed by atoms with Crippen LogP contribution in [-0.4, -0.2) is 14.2 Å². The summed E-state index contributed by atoms with van der Waals surface area (Å²) in [5.74, 6) is 1.93. The minimum Gasteiger partial charge on any atom is -0.497 e. The summed E-state index contributed by atoms with van der Waals surface area (Å²) in [6.07, 6.45) is 0. The van der Waals surface area contributed by atoms with Gasteiger partial charge in [-0.3, -0.25) is 0 Å². The van der Waals surface area contributed by atoms with Crippen molar-refractivity contribution in [2.45, 2.75) is 19.8 Å².